The summed E-state index contributed by atoms with van der Waals surface area (Å²) in [5.41, 5.74) is 1.48. The van der Waals surface area contributed by atoms with Crippen molar-refractivity contribution >= 4 is 29.5 Å². The zero-order chi connectivity index (χ0) is 27.5. The van der Waals surface area contributed by atoms with E-state index in [4.69, 9.17) is 14.2 Å². The fourth-order valence-corrected chi connectivity index (χ4v) is 4.51. The second-order valence-electron chi connectivity index (χ2n) is 10.4. The van der Waals surface area contributed by atoms with Crippen LogP contribution in [0.5, 0.6) is 0 Å². The maximum absolute atomic E-state index is 12.8. The van der Waals surface area contributed by atoms with E-state index in [9.17, 15) is 14.4 Å². The molecule has 2 aromatic carbocycles. The van der Waals surface area contributed by atoms with Gasteiger partial charge in [0.1, 0.15) is 18.2 Å². The van der Waals surface area contributed by atoms with E-state index in [1.54, 1.807) is 26.8 Å². The van der Waals surface area contributed by atoms with E-state index in [0.29, 0.717) is 5.69 Å². The number of para-hydroxylation sites is 2. The number of alkyl carbamates (subject to hydrolysis) is 1. The van der Waals surface area contributed by atoms with Gasteiger partial charge in [0.25, 0.3) is 0 Å². The lowest BCUT2D eigenvalue weighted by Crippen LogP contribution is -2.52. The molecule has 0 bridgehead atoms. The van der Waals surface area contributed by atoms with Gasteiger partial charge in [-0.3, -0.25) is 5.32 Å². The Morgan fingerprint density at radius 3 is 2.26 bits per heavy atom. The van der Waals surface area contributed by atoms with Crippen molar-refractivity contribution in [2.24, 2.45) is 0 Å². The van der Waals surface area contributed by atoms with Crippen LogP contribution in [0.4, 0.5) is 21.0 Å². The minimum Gasteiger partial charge on any atom is -0.467 e. The highest BCUT2D eigenvalue weighted by atomic mass is 16.6. The van der Waals surface area contributed by atoms with Gasteiger partial charge in [0.05, 0.1) is 18.5 Å². The van der Waals surface area contributed by atoms with Crippen LogP contribution in [0.1, 0.15) is 58.4 Å². The summed E-state index contributed by atoms with van der Waals surface area (Å²) in [6, 6.07) is 15.8. The van der Waals surface area contributed by atoms with E-state index in [1.165, 1.54) is 7.11 Å². The van der Waals surface area contributed by atoms with Crippen molar-refractivity contribution < 1.29 is 28.6 Å². The summed E-state index contributed by atoms with van der Waals surface area (Å²) in [7, 11) is 1.29. The molecule has 0 aromatic heterocycles. The first-order chi connectivity index (χ1) is 18.2. The Bertz CT molecular complexity index is 1060. The number of carbonyl (C=O) groups is 3. The fourth-order valence-electron chi connectivity index (χ4n) is 4.51. The fraction of sp³-hybridized carbons (Fsp3) is 0.483. The predicted octanol–water partition coefficient (Wildman–Crippen LogP) is 5.64. The SMILES string of the molecule is COC(=O)[C@@H](CN(c1ccccc1NC(=O)OC(C)(C)C)C1CCCCC1)NC(=O)OCc1ccccc1. The second-order valence-corrected chi connectivity index (χ2v) is 10.4. The second kappa shape index (κ2) is 13.7. The number of methoxy groups -OCH3 is 1. The molecule has 206 valence electrons. The van der Waals surface area contributed by atoms with Gasteiger partial charge in [0.2, 0.25) is 0 Å². The van der Waals surface area contributed by atoms with Crippen molar-refractivity contribution in [3.05, 3.63) is 60.2 Å². The summed E-state index contributed by atoms with van der Waals surface area (Å²) in [5, 5.41) is 5.53. The number of rotatable bonds is 9. The first-order valence-electron chi connectivity index (χ1n) is 13.1. The third-order valence-corrected chi connectivity index (χ3v) is 6.23. The number of benzene rings is 2. The van der Waals surface area contributed by atoms with Crippen molar-refractivity contribution in [3.63, 3.8) is 0 Å². The molecule has 1 atom stereocenters. The number of anilines is 2. The van der Waals surface area contributed by atoms with Gasteiger partial charge in [0, 0.05) is 12.6 Å². The number of esters is 1. The van der Waals surface area contributed by atoms with E-state index in [2.05, 4.69) is 15.5 Å². The van der Waals surface area contributed by atoms with Gasteiger partial charge in [-0.2, -0.15) is 0 Å². The molecule has 1 aliphatic rings. The largest absolute Gasteiger partial charge is 0.467 e. The van der Waals surface area contributed by atoms with Crippen molar-refractivity contribution in [1.82, 2.24) is 5.32 Å². The number of nitrogens with one attached hydrogen (secondary N) is 2. The van der Waals surface area contributed by atoms with Crippen LogP contribution in [0.15, 0.2) is 54.6 Å². The number of hydrogen-bond acceptors (Lipinski definition) is 7. The molecule has 0 aliphatic heterocycles. The number of amides is 2. The Morgan fingerprint density at radius 1 is 0.947 bits per heavy atom. The van der Waals surface area contributed by atoms with Crippen molar-refractivity contribution in [2.75, 3.05) is 23.9 Å². The van der Waals surface area contributed by atoms with Crippen molar-refractivity contribution in [3.8, 4) is 0 Å². The van der Waals surface area contributed by atoms with E-state index in [0.717, 1.165) is 43.4 Å². The molecular formula is C29H39N3O6. The maximum atomic E-state index is 12.8. The molecule has 1 fully saturated rings. The molecule has 0 heterocycles. The van der Waals surface area contributed by atoms with E-state index >= 15 is 0 Å². The van der Waals surface area contributed by atoms with Crippen LogP contribution < -0.4 is 15.5 Å². The molecular weight excluding hydrogens is 486 g/mol. The molecule has 0 saturated heterocycles. The Labute approximate surface area is 224 Å². The summed E-state index contributed by atoms with van der Waals surface area (Å²) in [6.45, 7) is 5.63. The van der Waals surface area contributed by atoms with Gasteiger partial charge in [-0.25, -0.2) is 14.4 Å². The molecule has 1 aliphatic carbocycles. The highest BCUT2D eigenvalue weighted by Gasteiger charge is 2.31. The molecule has 9 heteroatoms. The van der Waals surface area contributed by atoms with Gasteiger partial charge in [-0.15, -0.1) is 0 Å². The summed E-state index contributed by atoms with van der Waals surface area (Å²) < 4.78 is 15.8. The smallest absolute Gasteiger partial charge is 0.412 e. The molecule has 38 heavy (non-hydrogen) atoms. The monoisotopic (exact) mass is 525 g/mol. The van der Waals surface area contributed by atoms with Crippen LogP contribution in [-0.2, 0) is 25.6 Å². The molecule has 2 aromatic rings. The van der Waals surface area contributed by atoms with Gasteiger partial charge in [-0.05, 0) is 51.3 Å². The summed E-state index contributed by atoms with van der Waals surface area (Å²) in [5.74, 6) is -0.583. The lowest BCUT2D eigenvalue weighted by Gasteiger charge is -2.38. The molecule has 2 amide bonds. The normalized spacial score (nSPS) is 14.6. The van der Waals surface area contributed by atoms with Crippen molar-refractivity contribution in [2.45, 2.75) is 77.2 Å². The number of hydrogen-bond donors (Lipinski definition) is 2. The Morgan fingerprint density at radius 2 is 1.61 bits per heavy atom. The molecule has 3 rings (SSSR count). The van der Waals surface area contributed by atoms with E-state index in [1.807, 2.05) is 48.5 Å². The zero-order valence-electron chi connectivity index (χ0n) is 22.7. The molecule has 0 unspecified atom stereocenters. The zero-order valence-corrected chi connectivity index (χ0v) is 22.7. The highest BCUT2D eigenvalue weighted by molar-refractivity contribution is 5.90. The predicted molar refractivity (Wildman–Crippen MR) is 146 cm³/mol. The molecule has 0 spiro atoms. The third-order valence-electron chi connectivity index (χ3n) is 6.23. The molecule has 0 radical (unpaired) electrons. The Balaban J connectivity index is 1.82. The Kier molecular flexibility index (Phi) is 10.4. The third kappa shape index (κ3) is 8.97. The van der Waals surface area contributed by atoms with Gasteiger partial charge in [-0.1, -0.05) is 61.7 Å². The lowest BCUT2D eigenvalue weighted by molar-refractivity contribution is -0.142. The van der Waals surface area contributed by atoms with Crippen molar-refractivity contribution in [1.29, 1.82) is 0 Å². The standard InChI is InChI=1S/C29H39N3O6/c1-29(2,3)38-28(35)30-23-17-11-12-18-25(23)32(22-15-9-6-10-16-22)19-24(26(33)36-4)31-27(34)37-20-21-13-7-5-8-14-21/h5,7-8,11-14,17-18,22,24H,6,9-10,15-16,19-20H2,1-4H3,(H,30,35)(H,31,34)/t24-/m1/s1. The number of ether oxygens (including phenoxy) is 3. The average Bonchev–Trinajstić information content (AvgIpc) is 2.90. The van der Waals surface area contributed by atoms with Crippen LogP contribution in [-0.4, -0.2) is 49.5 Å². The average molecular weight is 526 g/mol. The number of nitrogens with zero attached hydrogens (tertiary/aromatic N) is 1. The van der Waals surface area contributed by atoms with Crippen LogP contribution in [0, 0.1) is 0 Å². The van der Waals surface area contributed by atoms with Gasteiger partial charge >= 0.3 is 18.2 Å². The molecule has 9 nitrogen and oxygen atoms in total. The van der Waals surface area contributed by atoms with Crippen LogP contribution >= 0.6 is 0 Å². The van der Waals surface area contributed by atoms with Gasteiger partial charge < -0.3 is 24.4 Å². The van der Waals surface area contributed by atoms with E-state index < -0.39 is 29.8 Å². The summed E-state index contributed by atoms with van der Waals surface area (Å²) >= 11 is 0. The lowest BCUT2D eigenvalue weighted by atomic mass is 9.93. The highest BCUT2D eigenvalue weighted by Crippen LogP contribution is 2.33. The van der Waals surface area contributed by atoms with Crippen LogP contribution in [0.2, 0.25) is 0 Å². The van der Waals surface area contributed by atoms with Crippen LogP contribution in [0.25, 0.3) is 0 Å². The first kappa shape index (κ1) is 28.8. The maximum Gasteiger partial charge on any atom is 0.412 e. The quantitative estimate of drug-likeness (QED) is 0.322. The van der Waals surface area contributed by atoms with Crippen LogP contribution in [0.3, 0.4) is 0 Å². The summed E-state index contributed by atoms with van der Waals surface area (Å²) in [6.07, 6.45) is 3.82. The molecule has 1 saturated carbocycles. The molecule has 2 N–H and O–H groups in total. The number of carbonyl (C=O) groups excluding carboxylic acids is 3. The first-order valence-corrected chi connectivity index (χ1v) is 13.1. The minimum atomic E-state index is -0.986. The summed E-state index contributed by atoms with van der Waals surface area (Å²) in [4.78, 5) is 40.1. The Hall–Kier alpha value is -3.75. The van der Waals surface area contributed by atoms with E-state index in [-0.39, 0.29) is 19.2 Å². The van der Waals surface area contributed by atoms with Gasteiger partial charge in [0.15, 0.2) is 0 Å². The topological polar surface area (TPSA) is 106 Å². The minimum absolute atomic E-state index is 0.0789.